The third-order valence-electron chi connectivity index (χ3n) is 4.40. The molecule has 1 aliphatic carbocycles. The second-order valence-electron chi connectivity index (χ2n) is 6.09. The van der Waals surface area contributed by atoms with Crippen molar-refractivity contribution in [2.24, 2.45) is 0 Å². The molecular weight excluding hydrogens is 335 g/mol. The Hall–Kier alpha value is -1.36. The van der Waals surface area contributed by atoms with Crippen LogP contribution in [0.5, 0.6) is 0 Å². The van der Waals surface area contributed by atoms with Gasteiger partial charge in [0.2, 0.25) is 5.91 Å². The molecule has 0 radical (unpaired) electrons. The van der Waals surface area contributed by atoms with E-state index >= 15 is 0 Å². The Balaban J connectivity index is 2.18. The Labute approximate surface area is 145 Å². The molecule has 0 N–H and O–H groups in total. The minimum Gasteiger partial charge on any atom is -0.294 e. The summed E-state index contributed by atoms with van der Waals surface area (Å²) in [6, 6.07) is 5.37. The van der Waals surface area contributed by atoms with Gasteiger partial charge < -0.3 is 0 Å². The molecule has 0 saturated heterocycles. The van der Waals surface area contributed by atoms with Crippen molar-refractivity contribution in [3.05, 3.63) is 45.1 Å². The molecule has 0 unspecified atom stereocenters. The summed E-state index contributed by atoms with van der Waals surface area (Å²) in [6.45, 7) is 0. The van der Waals surface area contributed by atoms with Gasteiger partial charge in [0.25, 0.3) is 0 Å². The van der Waals surface area contributed by atoms with Gasteiger partial charge in [-0.25, -0.2) is 10.0 Å². The third-order valence-corrected chi connectivity index (χ3v) is 5.24. The largest absolute Gasteiger partial charge is 0.294 e. The first-order chi connectivity index (χ1) is 10.9. The predicted molar refractivity (Wildman–Crippen MR) is 90.2 cm³/mol. The fraction of sp³-hybridized carbons (Fsp3) is 0.412. The van der Waals surface area contributed by atoms with Crippen molar-refractivity contribution in [1.29, 1.82) is 0 Å². The zero-order chi connectivity index (χ0) is 16.7. The highest BCUT2D eigenvalue weighted by atomic mass is 35.5. The molecule has 1 aromatic carbocycles. The molecule has 6 heteroatoms. The molecule has 0 bridgehead atoms. The van der Waals surface area contributed by atoms with E-state index in [2.05, 4.69) is 0 Å². The molecule has 0 fully saturated rings. The first-order valence-electron chi connectivity index (χ1n) is 7.62. The molecule has 0 saturated carbocycles. The molecule has 23 heavy (non-hydrogen) atoms. The van der Waals surface area contributed by atoms with E-state index in [4.69, 9.17) is 23.2 Å². The third kappa shape index (κ3) is 2.80. The van der Waals surface area contributed by atoms with Crippen LogP contribution in [0.4, 0.5) is 0 Å². The first-order valence-corrected chi connectivity index (χ1v) is 8.37. The smallest absolute Gasteiger partial charge is 0.242 e. The number of rotatable bonds is 2. The highest BCUT2D eigenvalue weighted by molar-refractivity contribution is 6.42. The van der Waals surface area contributed by atoms with Crippen molar-refractivity contribution in [2.45, 2.75) is 31.6 Å². The monoisotopic (exact) mass is 352 g/mol. The number of allylic oxidation sites excluding steroid dienone is 2. The average molecular weight is 353 g/mol. The second-order valence-corrected chi connectivity index (χ2v) is 6.87. The lowest BCUT2D eigenvalue weighted by molar-refractivity contribution is -0.143. The van der Waals surface area contributed by atoms with Crippen molar-refractivity contribution in [1.82, 2.24) is 10.0 Å². The van der Waals surface area contributed by atoms with E-state index in [-0.39, 0.29) is 24.0 Å². The van der Waals surface area contributed by atoms with Crippen LogP contribution in [0, 0.1) is 0 Å². The van der Waals surface area contributed by atoms with Crippen LogP contribution in [0.3, 0.4) is 0 Å². The number of halogens is 2. The first kappa shape index (κ1) is 16.5. The van der Waals surface area contributed by atoms with Gasteiger partial charge in [0.15, 0.2) is 5.78 Å². The number of benzene rings is 1. The van der Waals surface area contributed by atoms with Crippen LogP contribution in [0.15, 0.2) is 29.5 Å². The molecule has 1 amide bonds. The lowest BCUT2D eigenvalue weighted by Gasteiger charge is -2.41. The molecule has 1 aliphatic heterocycles. The van der Waals surface area contributed by atoms with Crippen molar-refractivity contribution >= 4 is 34.9 Å². The molecule has 2 aliphatic rings. The van der Waals surface area contributed by atoms with Gasteiger partial charge in [0.05, 0.1) is 10.0 Å². The van der Waals surface area contributed by atoms with E-state index in [1.54, 1.807) is 22.2 Å². The van der Waals surface area contributed by atoms with E-state index in [0.29, 0.717) is 22.0 Å². The van der Waals surface area contributed by atoms with Crippen LogP contribution in [0.1, 0.15) is 37.2 Å². The van der Waals surface area contributed by atoms with Crippen LogP contribution < -0.4 is 0 Å². The number of Topliss-reactive ketones (excluding diaryl/α,β-unsaturated/α-hetero) is 1. The summed E-state index contributed by atoms with van der Waals surface area (Å²) in [5, 5.41) is 4.24. The molecule has 4 nitrogen and oxygen atoms in total. The highest BCUT2D eigenvalue weighted by Gasteiger charge is 2.40. The summed E-state index contributed by atoms with van der Waals surface area (Å²) in [6.07, 6.45) is 2.23. The van der Waals surface area contributed by atoms with Crippen LogP contribution in [-0.4, -0.2) is 35.8 Å². The summed E-state index contributed by atoms with van der Waals surface area (Å²) in [7, 11) is 3.63. The van der Waals surface area contributed by atoms with Gasteiger partial charge in [-0.3, -0.25) is 9.59 Å². The fourth-order valence-electron chi connectivity index (χ4n) is 3.50. The minimum absolute atomic E-state index is 0.0236. The quantitative estimate of drug-likeness (QED) is 0.812. The van der Waals surface area contributed by atoms with Gasteiger partial charge in [-0.05, 0) is 24.5 Å². The Morgan fingerprint density at radius 2 is 1.91 bits per heavy atom. The molecule has 1 heterocycles. The van der Waals surface area contributed by atoms with E-state index in [9.17, 15) is 9.59 Å². The number of carbonyl (C=O) groups is 2. The molecule has 122 valence electrons. The number of ketones is 1. The van der Waals surface area contributed by atoms with Gasteiger partial charge in [-0.15, -0.1) is 0 Å². The topological polar surface area (TPSA) is 40.6 Å². The predicted octanol–water partition coefficient (Wildman–Crippen LogP) is 3.79. The zero-order valence-electron chi connectivity index (χ0n) is 13.1. The van der Waals surface area contributed by atoms with Gasteiger partial charge in [0.1, 0.15) is 0 Å². The molecule has 0 spiro atoms. The van der Waals surface area contributed by atoms with E-state index in [1.165, 1.54) is 0 Å². The number of nitrogens with zero attached hydrogens (tertiary/aromatic N) is 2. The second kappa shape index (κ2) is 6.27. The highest BCUT2D eigenvalue weighted by Crippen LogP contribution is 2.44. The Morgan fingerprint density at radius 1 is 1.17 bits per heavy atom. The Kier molecular flexibility index (Phi) is 4.50. The maximum Gasteiger partial charge on any atom is 0.242 e. The average Bonchev–Trinajstić information content (AvgIpc) is 2.49. The number of amides is 1. The molecule has 1 atom stereocenters. The van der Waals surface area contributed by atoms with Gasteiger partial charge in [-0.1, -0.05) is 35.3 Å². The summed E-state index contributed by atoms with van der Waals surface area (Å²) in [5.41, 5.74) is 2.28. The van der Waals surface area contributed by atoms with Crippen molar-refractivity contribution < 1.29 is 9.59 Å². The van der Waals surface area contributed by atoms with Crippen LogP contribution >= 0.6 is 23.2 Å². The number of hydrogen-bond donors (Lipinski definition) is 0. The maximum atomic E-state index is 12.6. The SMILES string of the molecule is CN(C)N1C(=O)C[C@@H](c2cccc(Cl)c2Cl)C2=C1CCCC2=O. The summed E-state index contributed by atoms with van der Waals surface area (Å²) in [4.78, 5) is 25.2. The van der Waals surface area contributed by atoms with Gasteiger partial charge in [-0.2, -0.15) is 0 Å². The number of carbonyl (C=O) groups excluding carboxylic acids is 2. The van der Waals surface area contributed by atoms with Crippen molar-refractivity contribution in [2.75, 3.05) is 14.1 Å². The zero-order valence-corrected chi connectivity index (χ0v) is 14.6. The van der Waals surface area contributed by atoms with Crippen molar-refractivity contribution in [3.63, 3.8) is 0 Å². The Morgan fingerprint density at radius 3 is 2.61 bits per heavy atom. The van der Waals surface area contributed by atoms with Crippen LogP contribution in [-0.2, 0) is 9.59 Å². The van der Waals surface area contributed by atoms with Gasteiger partial charge >= 0.3 is 0 Å². The standard InChI is InChI=1S/C17H18Cl2N2O2/c1-20(2)21-13-7-4-8-14(22)16(13)11(9-15(21)23)10-5-3-6-12(18)17(10)19/h3,5-6,11H,4,7-9H2,1-2H3/t11-/m0/s1. The van der Waals surface area contributed by atoms with Gasteiger partial charge in [0, 0.05) is 44.1 Å². The fourth-order valence-corrected chi connectivity index (χ4v) is 3.93. The lowest BCUT2D eigenvalue weighted by atomic mass is 9.77. The van der Waals surface area contributed by atoms with Crippen LogP contribution in [0.2, 0.25) is 10.0 Å². The normalized spacial score (nSPS) is 22.0. The molecule has 0 aromatic heterocycles. The molecule has 1 aromatic rings. The van der Waals surface area contributed by atoms with E-state index in [1.807, 2.05) is 20.2 Å². The number of hydrogen-bond acceptors (Lipinski definition) is 3. The summed E-state index contributed by atoms with van der Waals surface area (Å²) >= 11 is 12.5. The van der Waals surface area contributed by atoms with Crippen molar-refractivity contribution in [3.8, 4) is 0 Å². The summed E-state index contributed by atoms with van der Waals surface area (Å²) < 4.78 is 0. The number of hydrazine groups is 1. The maximum absolute atomic E-state index is 12.6. The van der Waals surface area contributed by atoms with E-state index in [0.717, 1.165) is 24.1 Å². The van der Waals surface area contributed by atoms with E-state index < -0.39 is 0 Å². The summed E-state index contributed by atoms with van der Waals surface area (Å²) in [5.74, 6) is -0.233. The molecular formula is C17H18Cl2N2O2. The lowest BCUT2D eigenvalue weighted by Crippen LogP contribution is -2.47. The minimum atomic E-state index is -0.312. The van der Waals surface area contributed by atoms with Crippen LogP contribution in [0.25, 0.3) is 0 Å². The Bertz CT molecular complexity index is 713. The molecule has 3 rings (SSSR count).